The van der Waals surface area contributed by atoms with E-state index < -0.39 is 0 Å². The topological polar surface area (TPSA) is 43.7 Å². The highest BCUT2D eigenvalue weighted by molar-refractivity contribution is 5.27. The molecule has 1 fully saturated rings. The molecule has 0 bridgehead atoms. The van der Waals surface area contributed by atoms with Crippen molar-refractivity contribution in [1.82, 2.24) is 9.47 Å². The minimum atomic E-state index is -0.281. The molecular weight excluding hydrogens is 407 g/mol. The van der Waals surface area contributed by atoms with Gasteiger partial charge in [0, 0.05) is 25.4 Å². The Bertz CT molecular complexity index is 1040. The Hall–Kier alpha value is -3.12. The molecule has 0 N–H and O–H groups in total. The van der Waals surface area contributed by atoms with Gasteiger partial charge in [-0.1, -0.05) is 24.3 Å². The van der Waals surface area contributed by atoms with Gasteiger partial charge in [0.2, 0.25) is 0 Å². The Labute approximate surface area is 188 Å². The summed E-state index contributed by atoms with van der Waals surface area (Å²) in [6, 6.07) is 17.5. The standard InChI is InChI=1S/C26H29FN2O3/c27-23-7-3-22(4-8-23)20-32-25-12-16-29(26(30)19-25)15-11-21-5-9-24(10-6-21)31-18-17-28-13-1-2-14-28/h3-10,12,16,19H,1-2,11,13-15,17-18,20H2. The Kier molecular flexibility index (Phi) is 7.56. The van der Waals surface area contributed by atoms with Crippen LogP contribution in [0.25, 0.3) is 0 Å². The Morgan fingerprint density at radius 1 is 0.812 bits per heavy atom. The van der Waals surface area contributed by atoms with E-state index in [4.69, 9.17) is 9.47 Å². The molecule has 3 aromatic rings. The Morgan fingerprint density at radius 3 is 2.25 bits per heavy atom. The first-order chi connectivity index (χ1) is 15.7. The van der Waals surface area contributed by atoms with Gasteiger partial charge < -0.3 is 14.0 Å². The number of nitrogens with zero attached hydrogens (tertiary/aromatic N) is 2. The molecule has 1 aromatic heterocycles. The predicted octanol–water partition coefficient (Wildman–Crippen LogP) is 4.28. The highest BCUT2D eigenvalue weighted by atomic mass is 19.1. The molecule has 32 heavy (non-hydrogen) atoms. The zero-order chi connectivity index (χ0) is 22.2. The van der Waals surface area contributed by atoms with Crippen LogP contribution < -0.4 is 15.0 Å². The van der Waals surface area contributed by atoms with Crippen molar-refractivity contribution in [3.63, 3.8) is 0 Å². The smallest absolute Gasteiger partial charge is 0.254 e. The maximum atomic E-state index is 13.0. The highest BCUT2D eigenvalue weighted by Crippen LogP contribution is 2.15. The number of benzene rings is 2. The fraction of sp³-hybridized carbons (Fsp3) is 0.346. The lowest BCUT2D eigenvalue weighted by molar-refractivity contribution is 0.238. The number of hydrogen-bond acceptors (Lipinski definition) is 4. The molecular formula is C26H29FN2O3. The largest absolute Gasteiger partial charge is 0.492 e. The second-order valence-corrected chi connectivity index (χ2v) is 8.10. The second-order valence-electron chi connectivity index (χ2n) is 8.10. The van der Waals surface area contributed by atoms with E-state index in [2.05, 4.69) is 17.0 Å². The zero-order valence-electron chi connectivity index (χ0n) is 18.2. The van der Waals surface area contributed by atoms with E-state index in [9.17, 15) is 9.18 Å². The first-order valence-corrected chi connectivity index (χ1v) is 11.2. The number of aromatic nitrogens is 1. The van der Waals surface area contributed by atoms with E-state index in [-0.39, 0.29) is 18.0 Å². The van der Waals surface area contributed by atoms with Crippen LogP contribution in [-0.2, 0) is 19.6 Å². The van der Waals surface area contributed by atoms with E-state index >= 15 is 0 Å². The zero-order valence-corrected chi connectivity index (χ0v) is 18.2. The normalized spacial score (nSPS) is 13.9. The molecule has 1 aliphatic rings. The quantitative estimate of drug-likeness (QED) is 0.476. The van der Waals surface area contributed by atoms with Crippen LogP contribution in [-0.4, -0.2) is 35.7 Å². The predicted molar refractivity (Wildman–Crippen MR) is 123 cm³/mol. The van der Waals surface area contributed by atoms with Gasteiger partial charge in [-0.2, -0.15) is 0 Å². The van der Waals surface area contributed by atoms with Gasteiger partial charge in [-0.15, -0.1) is 0 Å². The number of halogens is 1. The maximum absolute atomic E-state index is 13.0. The number of pyridine rings is 1. The van der Waals surface area contributed by atoms with Crippen LogP contribution in [0.5, 0.6) is 11.5 Å². The number of rotatable bonds is 10. The van der Waals surface area contributed by atoms with Crippen molar-refractivity contribution in [2.75, 3.05) is 26.2 Å². The van der Waals surface area contributed by atoms with Crippen LogP contribution in [0.15, 0.2) is 71.7 Å². The summed E-state index contributed by atoms with van der Waals surface area (Å²) in [6.45, 7) is 4.94. The molecule has 0 unspecified atom stereocenters. The van der Waals surface area contributed by atoms with E-state index in [0.717, 1.165) is 29.8 Å². The third-order valence-electron chi connectivity index (χ3n) is 5.73. The highest BCUT2D eigenvalue weighted by Gasteiger charge is 2.10. The SMILES string of the molecule is O=c1cc(OCc2ccc(F)cc2)ccn1CCc1ccc(OCCN2CCCC2)cc1. The van der Waals surface area contributed by atoms with Gasteiger partial charge >= 0.3 is 0 Å². The molecule has 0 radical (unpaired) electrons. The van der Waals surface area contributed by atoms with Gasteiger partial charge in [-0.3, -0.25) is 9.69 Å². The molecule has 2 aromatic carbocycles. The average molecular weight is 437 g/mol. The molecule has 0 atom stereocenters. The lowest BCUT2D eigenvalue weighted by Gasteiger charge is -2.15. The molecule has 0 amide bonds. The molecule has 0 aliphatic carbocycles. The number of likely N-dealkylation sites (tertiary alicyclic amines) is 1. The Balaban J connectivity index is 1.23. The molecule has 1 aliphatic heterocycles. The van der Waals surface area contributed by atoms with Gasteiger partial charge in [-0.05, 0) is 73.8 Å². The molecule has 1 saturated heterocycles. The fourth-order valence-electron chi connectivity index (χ4n) is 3.81. The van der Waals surface area contributed by atoms with Gasteiger partial charge in [-0.25, -0.2) is 4.39 Å². The van der Waals surface area contributed by atoms with Crippen LogP contribution in [0.1, 0.15) is 24.0 Å². The molecule has 0 saturated carbocycles. The van der Waals surface area contributed by atoms with Gasteiger partial charge in [0.15, 0.2) is 0 Å². The molecule has 5 nitrogen and oxygen atoms in total. The lowest BCUT2D eigenvalue weighted by atomic mass is 10.1. The van der Waals surface area contributed by atoms with E-state index in [1.54, 1.807) is 29.0 Å². The van der Waals surface area contributed by atoms with Gasteiger partial charge in [0.05, 0.1) is 0 Å². The van der Waals surface area contributed by atoms with Crippen LogP contribution >= 0.6 is 0 Å². The van der Waals surface area contributed by atoms with E-state index in [1.165, 1.54) is 44.1 Å². The summed E-state index contributed by atoms with van der Waals surface area (Å²) in [6.07, 6.45) is 5.09. The summed E-state index contributed by atoms with van der Waals surface area (Å²) >= 11 is 0. The van der Waals surface area contributed by atoms with Crippen molar-refractivity contribution < 1.29 is 13.9 Å². The average Bonchev–Trinajstić information content (AvgIpc) is 3.33. The number of aryl methyl sites for hydroxylation is 2. The van der Waals surface area contributed by atoms with Crippen molar-refractivity contribution in [3.05, 3.63) is 94.2 Å². The number of ether oxygens (including phenoxy) is 2. The van der Waals surface area contributed by atoms with Crippen LogP contribution in [0, 0.1) is 5.82 Å². The number of hydrogen-bond donors (Lipinski definition) is 0. The summed E-state index contributed by atoms with van der Waals surface area (Å²) in [5.74, 6) is 1.11. The molecule has 4 rings (SSSR count). The fourth-order valence-corrected chi connectivity index (χ4v) is 3.81. The first kappa shape index (κ1) is 22.1. The summed E-state index contributed by atoms with van der Waals surface area (Å²) in [5, 5.41) is 0. The molecule has 0 spiro atoms. The molecule has 168 valence electrons. The summed E-state index contributed by atoms with van der Waals surface area (Å²) < 4.78 is 26.1. The van der Waals surface area contributed by atoms with Gasteiger partial charge in [0.1, 0.15) is 30.5 Å². The van der Waals surface area contributed by atoms with E-state index in [1.807, 2.05) is 12.1 Å². The van der Waals surface area contributed by atoms with E-state index in [0.29, 0.717) is 18.9 Å². The van der Waals surface area contributed by atoms with Gasteiger partial charge in [0.25, 0.3) is 5.56 Å². The Morgan fingerprint density at radius 2 is 1.53 bits per heavy atom. The maximum Gasteiger partial charge on any atom is 0.254 e. The first-order valence-electron chi connectivity index (χ1n) is 11.2. The van der Waals surface area contributed by atoms with Crippen LogP contribution in [0.3, 0.4) is 0 Å². The molecule has 2 heterocycles. The second kappa shape index (κ2) is 11.0. The van der Waals surface area contributed by atoms with Crippen molar-refractivity contribution in [3.8, 4) is 11.5 Å². The van der Waals surface area contributed by atoms with Crippen LogP contribution in [0.4, 0.5) is 4.39 Å². The minimum absolute atomic E-state index is 0.108. The van der Waals surface area contributed by atoms with Crippen molar-refractivity contribution in [1.29, 1.82) is 0 Å². The summed E-state index contributed by atoms with van der Waals surface area (Å²) in [5.41, 5.74) is 1.89. The van der Waals surface area contributed by atoms with Crippen molar-refractivity contribution >= 4 is 0 Å². The molecule has 6 heteroatoms. The van der Waals surface area contributed by atoms with Crippen LogP contribution in [0.2, 0.25) is 0 Å². The minimum Gasteiger partial charge on any atom is -0.492 e. The van der Waals surface area contributed by atoms with Crippen molar-refractivity contribution in [2.45, 2.75) is 32.4 Å². The summed E-state index contributed by atoms with van der Waals surface area (Å²) in [4.78, 5) is 14.8. The summed E-state index contributed by atoms with van der Waals surface area (Å²) in [7, 11) is 0. The third kappa shape index (κ3) is 6.44. The monoisotopic (exact) mass is 436 g/mol. The lowest BCUT2D eigenvalue weighted by Crippen LogP contribution is -2.25. The van der Waals surface area contributed by atoms with Crippen molar-refractivity contribution in [2.24, 2.45) is 0 Å². The third-order valence-corrected chi connectivity index (χ3v) is 5.73.